The van der Waals surface area contributed by atoms with Crippen LogP contribution in [0.2, 0.25) is 0 Å². The second-order valence-corrected chi connectivity index (χ2v) is 4.67. The molecule has 76 valence electrons. The van der Waals surface area contributed by atoms with Crippen LogP contribution in [0.1, 0.15) is 13.3 Å². The zero-order chi connectivity index (χ0) is 9.84. The Kier molecular flexibility index (Phi) is 4.22. The van der Waals surface area contributed by atoms with Crippen LogP contribution < -0.4 is 5.32 Å². The van der Waals surface area contributed by atoms with Gasteiger partial charge in [-0.25, -0.2) is 0 Å². The predicted octanol–water partition coefficient (Wildman–Crippen LogP) is 0.896. The van der Waals surface area contributed by atoms with Crippen molar-refractivity contribution in [3.8, 4) is 0 Å². The van der Waals surface area contributed by atoms with E-state index in [-0.39, 0.29) is 18.8 Å². The Morgan fingerprint density at radius 1 is 1.77 bits per heavy atom. The van der Waals surface area contributed by atoms with Crippen molar-refractivity contribution in [3.05, 3.63) is 12.3 Å². The number of aliphatic hydroxyl groups is 1. The van der Waals surface area contributed by atoms with Gasteiger partial charge in [0.1, 0.15) is 0 Å². The molecule has 13 heavy (non-hydrogen) atoms. The van der Waals surface area contributed by atoms with Crippen molar-refractivity contribution in [1.29, 1.82) is 0 Å². The molecule has 0 spiro atoms. The van der Waals surface area contributed by atoms with Crippen LogP contribution >= 0.6 is 15.9 Å². The minimum absolute atomic E-state index is 0.138. The highest BCUT2D eigenvalue weighted by Crippen LogP contribution is 2.19. The summed E-state index contributed by atoms with van der Waals surface area (Å²) in [5.41, 5.74) is 0. The second-order valence-electron chi connectivity index (χ2n) is 3.50. The van der Waals surface area contributed by atoms with Gasteiger partial charge >= 0.3 is 0 Å². The summed E-state index contributed by atoms with van der Waals surface area (Å²) in [6.07, 6.45) is 5.51. The number of rotatable bonds is 3. The lowest BCUT2D eigenvalue weighted by Gasteiger charge is -2.36. The first kappa shape index (κ1) is 11.0. The molecule has 4 heteroatoms. The van der Waals surface area contributed by atoms with Crippen LogP contribution in [-0.4, -0.2) is 40.7 Å². The van der Waals surface area contributed by atoms with E-state index < -0.39 is 0 Å². The van der Waals surface area contributed by atoms with Gasteiger partial charge in [-0.1, -0.05) is 22.0 Å². The molecule has 0 aromatic rings. The first-order chi connectivity index (χ1) is 6.15. The molecule has 3 nitrogen and oxygen atoms in total. The molecule has 0 saturated carbocycles. The van der Waals surface area contributed by atoms with Gasteiger partial charge in [0.25, 0.3) is 0 Å². The lowest BCUT2D eigenvalue weighted by atomic mass is 10.1. The van der Waals surface area contributed by atoms with E-state index in [1.165, 1.54) is 0 Å². The van der Waals surface area contributed by atoms with Crippen LogP contribution in [0.4, 0.5) is 0 Å². The number of allylic oxidation sites excluding steroid dienone is 1. The van der Waals surface area contributed by atoms with Gasteiger partial charge in [-0.05, 0) is 19.5 Å². The van der Waals surface area contributed by atoms with Crippen molar-refractivity contribution in [3.63, 3.8) is 0 Å². The van der Waals surface area contributed by atoms with Crippen LogP contribution in [0, 0.1) is 0 Å². The fourth-order valence-electron chi connectivity index (χ4n) is 1.40. The van der Waals surface area contributed by atoms with E-state index in [2.05, 4.69) is 38.4 Å². The summed E-state index contributed by atoms with van der Waals surface area (Å²) in [6.45, 7) is 2.15. The summed E-state index contributed by atoms with van der Waals surface area (Å²) >= 11 is 3.62. The van der Waals surface area contributed by atoms with E-state index in [1.807, 2.05) is 14.0 Å². The minimum atomic E-state index is 0.138. The third kappa shape index (κ3) is 2.97. The number of nitrogens with one attached hydrogen (secondary N) is 1. The summed E-state index contributed by atoms with van der Waals surface area (Å²) in [6, 6.07) is 0.138. The van der Waals surface area contributed by atoms with E-state index in [0.717, 1.165) is 6.42 Å². The molecule has 1 aliphatic heterocycles. The zero-order valence-electron chi connectivity index (χ0n) is 8.07. The van der Waals surface area contributed by atoms with Crippen LogP contribution in [0.3, 0.4) is 0 Å². The molecule has 0 bridgehead atoms. The Labute approximate surface area is 87.9 Å². The average Bonchev–Trinajstić information content (AvgIpc) is 2.11. The topological polar surface area (TPSA) is 35.5 Å². The SMILES string of the molecule is CC(CO)NC1C(Br)CC=CN1C. The Morgan fingerprint density at radius 3 is 3.00 bits per heavy atom. The molecule has 2 N–H and O–H groups in total. The number of alkyl halides is 1. The molecule has 3 atom stereocenters. The van der Waals surface area contributed by atoms with Crippen LogP contribution in [0.5, 0.6) is 0 Å². The van der Waals surface area contributed by atoms with Gasteiger partial charge in [-0.15, -0.1) is 0 Å². The average molecular weight is 249 g/mol. The van der Waals surface area contributed by atoms with Crippen molar-refractivity contribution in [2.24, 2.45) is 0 Å². The van der Waals surface area contributed by atoms with Crippen molar-refractivity contribution in [1.82, 2.24) is 10.2 Å². The van der Waals surface area contributed by atoms with Gasteiger partial charge in [0.05, 0.1) is 17.6 Å². The maximum absolute atomic E-state index is 8.92. The van der Waals surface area contributed by atoms with Crippen molar-refractivity contribution in [2.75, 3.05) is 13.7 Å². The van der Waals surface area contributed by atoms with Crippen molar-refractivity contribution >= 4 is 15.9 Å². The zero-order valence-corrected chi connectivity index (χ0v) is 9.66. The Hall–Kier alpha value is -0.0600. The number of aliphatic hydroxyl groups excluding tert-OH is 1. The molecule has 1 heterocycles. The highest BCUT2D eigenvalue weighted by Gasteiger charge is 2.24. The molecule has 1 rings (SSSR count). The molecule has 0 radical (unpaired) electrons. The summed E-state index contributed by atoms with van der Waals surface area (Å²) in [5.74, 6) is 0. The summed E-state index contributed by atoms with van der Waals surface area (Å²) in [5, 5.41) is 12.3. The molecule has 0 aromatic carbocycles. The largest absolute Gasteiger partial charge is 0.395 e. The number of hydrogen-bond acceptors (Lipinski definition) is 3. The van der Waals surface area contributed by atoms with E-state index in [4.69, 9.17) is 5.11 Å². The quantitative estimate of drug-likeness (QED) is 0.729. The standard InChI is InChI=1S/C9H17BrN2O/c1-7(6-13)11-9-8(10)4-3-5-12(9)2/h3,5,7-9,11,13H,4,6H2,1-2H3. The first-order valence-electron chi connectivity index (χ1n) is 4.54. The van der Waals surface area contributed by atoms with Gasteiger partial charge in [0.2, 0.25) is 0 Å². The Bertz CT molecular complexity index is 186. The molecular formula is C9H17BrN2O. The van der Waals surface area contributed by atoms with Crippen molar-refractivity contribution < 1.29 is 5.11 Å². The Balaban J connectivity index is 2.51. The van der Waals surface area contributed by atoms with Gasteiger partial charge in [0, 0.05) is 13.1 Å². The highest BCUT2D eigenvalue weighted by molar-refractivity contribution is 9.09. The molecule has 0 amide bonds. The monoisotopic (exact) mass is 248 g/mol. The van der Waals surface area contributed by atoms with Crippen molar-refractivity contribution in [2.45, 2.75) is 30.4 Å². The third-order valence-corrected chi connectivity index (χ3v) is 3.09. The fourth-order valence-corrected chi connectivity index (χ4v) is 2.14. The van der Waals surface area contributed by atoms with E-state index in [9.17, 15) is 0 Å². The normalized spacial score (nSPS) is 30.6. The third-order valence-electron chi connectivity index (χ3n) is 2.21. The molecule has 0 saturated heterocycles. The lowest BCUT2D eigenvalue weighted by molar-refractivity contribution is 0.189. The molecule has 3 unspecified atom stereocenters. The number of nitrogens with zero attached hydrogens (tertiary/aromatic N) is 1. The second kappa shape index (κ2) is 4.98. The molecule has 0 aromatic heterocycles. The minimum Gasteiger partial charge on any atom is -0.395 e. The molecule has 1 aliphatic rings. The fraction of sp³-hybridized carbons (Fsp3) is 0.778. The smallest absolute Gasteiger partial charge is 0.0920 e. The molecule has 0 fully saturated rings. The lowest BCUT2D eigenvalue weighted by Crippen LogP contribution is -2.52. The first-order valence-corrected chi connectivity index (χ1v) is 5.46. The highest BCUT2D eigenvalue weighted by atomic mass is 79.9. The molecular weight excluding hydrogens is 232 g/mol. The Morgan fingerprint density at radius 2 is 2.46 bits per heavy atom. The van der Waals surface area contributed by atoms with Crippen LogP contribution in [0.15, 0.2) is 12.3 Å². The maximum atomic E-state index is 8.92. The summed E-state index contributed by atoms with van der Waals surface area (Å²) in [4.78, 5) is 2.53. The van der Waals surface area contributed by atoms with E-state index in [1.54, 1.807) is 0 Å². The van der Waals surface area contributed by atoms with Gasteiger partial charge in [-0.3, -0.25) is 5.32 Å². The number of halogens is 1. The number of hydrogen-bond donors (Lipinski definition) is 2. The van der Waals surface area contributed by atoms with Gasteiger partial charge in [-0.2, -0.15) is 0 Å². The predicted molar refractivity (Wildman–Crippen MR) is 57.7 cm³/mol. The summed E-state index contributed by atoms with van der Waals surface area (Å²) in [7, 11) is 2.03. The van der Waals surface area contributed by atoms with E-state index in [0.29, 0.717) is 4.83 Å². The summed E-state index contributed by atoms with van der Waals surface area (Å²) < 4.78 is 0. The van der Waals surface area contributed by atoms with Gasteiger partial charge < -0.3 is 10.0 Å². The molecule has 0 aliphatic carbocycles. The van der Waals surface area contributed by atoms with Crippen LogP contribution in [0.25, 0.3) is 0 Å². The van der Waals surface area contributed by atoms with Gasteiger partial charge in [0.15, 0.2) is 0 Å². The van der Waals surface area contributed by atoms with E-state index >= 15 is 0 Å². The maximum Gasteiger partial charge on any atom is 0.0920 e. The van der Waals surface area contributed by atoms with Crippen LogP contribution in [-0.2, 0) is 0 Å².